The summed E-state index contributed by atoms with van der Waals surface area (Å²) in [7, 11) is 6.37. The van der Waals surface area contributed by atoms with Crippen molar-refractivity contribution in [3.05, 3.63) is 210 Å². The van der Waals surface area contributed by atoms with Gasteiger partial charge in [-0.2, -0.15) is 20.4 Å². The fourth-order valence-electron chi connectivity index (χ4n) is 18.2. The standard InChI is InChI=1S/C29H34N4O4.C25H31N5O2S.C23H27FN4O2S.C22H26FN5OS/c1-36-24-12-6-10-22(16-24)26-18-27(21-8-4-3-5-9-21)33(30-26)20-28(34)31-14-15-32(29(35)19-31)23-11-7-13-25(17-23)37-2;1-32-19-9-5-8-18(14-19)21-15-22(17-6-3-2-4-7-17)30(28-21)16-24(31)29-12-10-20-23(11-13-29)33-25(26)27-20;1-14(2)20-12-19(16-5-6-17(24)21(11-16)30-4)26-28(20)13-23(29)27-9-7-18-22(8-10-27)31-15(3)25-18;1-13(2)19-11-18(15-4-5-16(23)14(3)10-15)26-28(19)12-21(29)27-8-6-17-20(7-9-27)30-22(24)25-17/h6-7,10-13,16-18,21H,3-5,8-9,14-15,19-20H2,1-2H3;5,8-9,14-15,17H,2-4,6-7,10-13,16H2,1H3,(H2,26,27);5-6,11-12,14H,7-10,13H2,1-4H3;4-5,10-11,13H,6-9,12H2,1-3H3,(H2,24,25). The van der Waals surface area contributed by atoms with Gasteiger partial charge in [0.1, 0.15) is 55.8 Å². The van der Waals surface area contributed by atoms with E-state index in [0.29, 0.717) is 91.5 Å². The number of hydrogen-bond donors (Lipinski definition) is 2. The molecule has 7 aromatic heterocycles. The molecule has 6 aliphatic rings. The minimum absolute atomic E-state index is 0.0463. The molecule has 0 bridgehead atoms. The number of rotatable bonds is 21. The first-order valence-electron chi connectivity index (χ1n) is 45.5. The predicted octanol–water partition coefficient (Wildman–Crippen LogP) is 16.8. The first-order valence-corrected chi connectivity index (χ1v) is 48.0. The Kier molecular flexibility index (Phi) is 30.6. The molecule has 2 saturated carbocycles. The highest BCUT2D eigenvalue weighted by atomic mass is 32.1. The van der Waals surface area contributed by atoms with Gasteiger partial charge < -0.3 is 54.9 Å². The van der Waals surface area contributed by atoms with Gasteiger partial charge in [-0.05, 0) is 154 Å². The first kappa shape index (κ1) is 93.5. The van der Waals surface area contributed by atoms with E-state index >= 15 is 0 Å². The van der Waals surface area contributed by atoms with E-state index in [1.165, 1.54) is 89.4 Å². The van der Waals surface area contributed by atoms with E-state index < -0.39 is 5.82 Å². The number of amides is 5. The van der Waals surface area contributed by atoms with Crippen molar-refractivity contribution in [2.75, 3.05) is 104 Å². The number of anilines is 3. The van der Waals surface area contributed by atoms with Crippen LogP contribution < -0.4 is 35.3 Å². The second-order valence-electron chi connectivity index (χ2n) is 34.9. The highest BCUT2D eigenvalue weighted by Gasteiger charge is 2.34. The van der Waals surface area contributed by atoms with E-state index in [1.807, 2.05) is 116 Å². The number of methoxy groups -OCH3 is 4. The number of thiazole rings is 3. The highest BCUT2D eigenvalue weighted by Crippen LogP contribution is 2.40. The van der Waals surface area contributed by atoms with Crippen LogP contribution in [0.2, 0.25) is 0 Å². The molecule has 32 heteroatoms. The lowest BCUT2D eigenvalue weighted by molar-refractivity contribution is -0.137. The van der Waals surface area contributed by atoms with Crippen molar-refractivity contribution < 1.29 is 51.7 Å². The van der Waals surface area contributed by atoms with Crippen LogP contribution in [0.5, 0.6) is 23.0 Å². The Balaban J connectivity index is 0.000000134. The molecule has 5 aromatic carbocycles. The summed E-state index contributed by atoms with van der Waals surface area (Å²) in [5.41, 5.74) is 27.3. The number of benzene rings is 5. The van der Waals surface area contributed by atoms with Crippen LogP contribution in [0.25, 0.3) is 45.0 Å². The van der Waals surface area contributed by atoms with Crippen LogP contribution in [0, 0.1) is 25.5 Å². The lowest BCUT2D eigenvalue weighted by atomic mass is 9.86. The number of fused-ring (bicyclic) bond motifs is 3. The number of piperazine rings is 1. The molecule has 0 spiro atoms. The quantitative estimate of drug-likeness (QED) is 0.0675. The summed E-state index contributed by atoms with van der Waals surface area (Å²) in [4.78, 5) is 92.1. The van der Waals surface area contributed by atoms with Crippen LogP contribution in [-0.4, -0.2) is 191 Å². The maximum absolute atomic E-state index is 13.8. The number of carbonyl (C=O) groups excluding carboxylic acids is 5. The summed E-state index contributed by atoms with van der Waals surface area (Å²) in [6.45, 7) is 17.9. The van der Waals surface area contributed by atoms with Crippen LogP contribution in [0.4, 0.5) is 24.7 Å². The van der Waals surface area contributed by atoms with E-state index in [9.17, 15) is 32.8 Å². The fourth-order valence-corrected chi connectivity index (χ4v) is 20.9. The van der Waals surface area contributed by atoms with Crippen LogP contribution in [0.15, 0.2) is 133 Å². The number of nitrogens with zero attached hydrogens (tertiary/aromatic N) is 16. The highest BCUT2D eigenvalue weighted by molar-refractivity contribution is 7.15. The number of hydrogen-bond acceptors (Lipinski definition) is 21. The Morgan fingerprint density at radius 1 is 0.420 bits per heavy atom. The van der Waals surface area contributed by atoms with E-state index in [4.69, 9.17) is 45.7 Å². The third-order valence-corrected chi connectivity index (χ3v) is 28.4. The predicted molar refractivity (Wildman–Crippen MR) is 509 cm³/mol. The van der Waals surface area contributed by atoms with Crippen molar-refractivity contribution in [1.82, 2.24) is 73.7 Å². The molecule has 2 aliphatic carbocycles. The van der Waals surface area contributed by atoms with E-state index in [0.717, 1.165) is 160 Å². The Hall–Kier alpha value is -12.2. The van der Waals surface area contributed by atoms with Gasteiger partial charge in [0.2, 0.25) is 29.5 Å². The van der Waals surface area contributed by atoms with Crippen molar-refractivity contribution in [2.24, 2.45) is 0 Å². The summed E-state index contributed by atoms with van der Waals surface area (Å²) in [6.07, 6.45) is 16.7. The zero-order chi connectivity index (χ0) is 92.1. The number of carbonyl (C=O) groups is 5. The zero-order valence-corrected chi connectivity index (χ0v) is 78.9. The smallest absolute Gasteiger partial charge is 0.246 e. The Bertz CT molecular complexity index is 5950. The lowest BCUT2D eigenvalue weighted by Gasteiger charge is -2.34. The van der Waals surface area contributed by atoms with Gasteiger partial charge in [0, 0.05) is 174 Å². The third kappa shape index (κ3) is 22.9. The molecule has 18 rings (SSSR count). The summed E-state index contributed by atoms with van der Waals surface area (Å²) >= 11 is 4.79. The Morgan fingerprint density at radius 3 is 1.27 bits per heavy atom. The molecule has 0 radical (unpaired) electrons. The van der Waals surface area contributed by atoms with Crippen LogP contribution >= 0.6 is 34.0 Å². The molecule has 27 nitrogen and oxygen atoms in total. The van der Waals surface area contributed by atoms with Crippen molar-refractivity contribution in [3.63, 3.8) is 0 Å². The summed E-state index contributed by atoms with van der Waals surface area (Å²) in [5, 5.41) is 21.5. The molecule has 11 heterocycles. The Labute approximate surface area is 776 Å². The molecule has 3 fully saturated rings. The fraction of sp³-hybridized carbons (Fsp3) is 0.434. The van der Waals surface area contributed by atoms with Gasteiger partial charge in [-0.25, -0.2) is 23.7 Å². The van der Waals surface area contributed by atoms with Crippen LogP contribution in [0.1, 0.15) is 181 Å². The van der Waals surface area contributed by atoms with Gasteiger partial charge in [-0.1, -0.05) is 96.6 Å². The van der Waals surface area contributed by atoms with Gasteiger partial charge in [0.25, 0.3) is 0 Å². The van der Waals surface area contributed by atoms with Gasteiger partial charge in [0.15, 0.2) is 21.8 Å². The van der Waals surface area contributed by atoms with Gasteiger partial charge in [-0.15, -0.1) is 34.0 Å². The molecule has 5 amide bonds. The lowest BCUT2D eigenvalue weighted by Crippen LogP contribution is -2.53. The molecule has 1 saturated heterocycles. The average Bonchev–Trinajstić information content (AvgIpc) is 1.79. The number of nitrogen functional groups attached to an aromatic ring is 2. The second-order valence-corrected chi connectivity index (χ2v) is 38.4. The maximum Gasteiger partial charge on any atom is 0.246 e. The first-order chi connectivity index (χ1) is 63.3. The Morgan fingerprint density at radius 2 is 0.817 bits per heavy atom. The molecule has 12 aromatic rings. The van der Waals surface area contributed by atoms with Gasteiger partial charge >= 0.3 is 0 Å². The number of aryl methyl sites for hydroxylation is 2. The summed E-state index contributed by atoms with van der Waals surface area (Å²) in [5.74, 6) is 3.10. The molecular formula is C99H118F2N18O9S3. The minimum Gasteiger partial charge on any atom is -0.497 e. The largest absolute Gasteiger partial charge is 0.497 e. The molecule has 4 N–H and O–H groups in total. The molecule has 131 heavy (non-hydrogen) atoms. The third-order valence-electron chi connectivity index (χ3n) is 25.4. The van der Waals surface area contributed by atoms with Gasteiger partial charge in [-0.3, -0.25) is 42.7 Å². The van der Waals surface area contributed by atoms with E-state index in [1.54, 1.807) is 94.4 Å². The molecule has 0 unspecified atom stereocenters. The minimum atomic E-state index is -0.413. The van der Waals surface area contributed by atoms with Crippen molar-refractivity contribution >= 4 is 79.5 Å². The normalized spacial score (nSPS) is 15.5. The zero-order valence-electron chi connectivity index (χ0n) is 76.5. The van der Waals surface area contributed by atoms with Crippen molar-refractivity contribution in [2.45, 2.75) is 194 Å². The molecule has 0 atom stereocenters. The van der Waals surface area contributed by atoms with Crippen molar-refractivity contribution in [3.8, 4) is 68.0 Å². The number of halogens is 2. The molecule has 4 aliphatic heterocycles. The van der Waals surface area contributed by atoms with E-state index in [2.05, 4.69) is 59.9 Å². The number of aromatic nitrogens is 11. The topological polar surface area (TPSA) is 300 Å². The average molecular weight is 1840 g/mol. The molecule has 690 valence electrons. The van der Waals surface area contributed by atoms with E-state index in [-0.39, 0.29) is 85.7 Å². The van der Waals surface area contributed by atoms with Crippen LogP contribution in [0.3, 0.4) is 0 Å². The molecular weight excluding hydrogens is 1720 g/mol. The van der Waals surface area contributed by atoms with Crippen molar-refractivity contribution in [1.29, 1.82) is 0 Å². The monoisotopic (exact) mass is 1840 g/mol. The summed E-state index contributed by atoms with van der Waals surface area (Å²) in [6, 6.07) is 41.2. The SMILES string of the molecule is COc1cc(-c2cc(C(C)C)n(CC(=O)N3CCc4nc(C)sc4CC3)n2)ccc1F.COc1cccc(-c2cc(C3CCCCC3)n(CC(=O)N3CCN(c4cccc(OC)c4)C(=O)C3)n2)c1.COc1cccc(-c2cc(C3CCCCC3)n(CC(=O)N3CCc4nc(N)sc4CC3)n2)c1.Cc1cc(-c2cc(C(C)C)n(CC(=O)N3CCc4nc(N)sc4CC3)n2)ccc1F. The summed E-state index contributed by atoms with van der Waals surface area (Å²) < 4.78 is 56.0. The number of ether oxygens (including phenoxy) is 4. The number of nitrogens with two attached hydrogens (primary N) is 2. The second kappa shape index (κ2) is 42.8. The maximum atomic E-state index is 13.8. The van der Waals surface area contributed by atoms with Crippen LogP contribution in [-0.2, 0) is 88.7 Å². The van der Waals surface area contributed by atoms with Gasteiger partial charge in [0.05, 0.1) is 73.3 Å².